The number of halogens is 1. The third-order valence-corrected chi connectivity index (χ3v) is 2.45. The van der Waals surface area contributed by atoms with Crippen molar-refractivity contribution in [2.45, 2.75) is 0 Å². The SMILES string of the molecule is Oc1ccc2cc[nH]c2c1Br. The van der Waals surface area contributed by atoms with Crippen molar-refractivity contribution in [1.82, 2.24) is 4.98 Å². The first-order valence-electron chi connectivity index (χ1n) is 3.23. The summed E-state index contributed by atoms with van der Waals surface area (Å²) in [6, 6.07) is 5.49. The molecule has 1 aromatic heterocycles. The van der Waals surface area contributed by atoms with Gasteiger partial charge in [-0.05, 0) is 34.1 Å². The fraction of sp³-hybridized carbons (Fsp3) is 0. The zero-order chi connectivity index (χ0) is 7.84. The van der Waals surface area contributed by atoms with Crippen molar-refractivity contribution in [2.24, 2.45) is 0 Å². The Morgan fingerprint density at radius 3 is 2.91 bits per heavy atom. The lowest BCUT2D eigenvalue weighted by atomic mass is 10.2. The van der Waals surface area contributed by atoms with Gasteiger partial charge in [-0.25, -0.2) is 0 Å². The van der Waals surface area contributed by atoms with Crippen molar-refractivity contribution in [2.75, 3.05) is 0 Å². The van der Waals surface area contributed by atoms with E-state index >= 15 is 0 Å². The quantitative estimate of drug-likeness (QED) is 0.691. The molecule has 11 heavy (non-hydrogen) atoms. The summed E-state index contributed by atoms with van der Waals surface area (Å²) in [5.74, 6) is 0.264. The van der Waals surface area contributed by atoms with E-state index in [0.717, 1.165) is 15.4 Å². The molecule has 0 aliphatic heterocycles. The van der Waals surface area contributed by atoms with Crippen LogP contribution < -0.4 is 0 Å². The highest BCUT2D eigenvalue weighted by atomic mass is 79.9. The van der Waals surface area contributed by atoms with Gasteiger partial charge in [0.2, 0.25) is 0 Å². The third kappa shape index (κ3) is 0.922. The molecule has 2 rings (SSSR count). The number of phenols is 1. The molecule has 0 saturated heterocycles. The average Bonchev–Trinajstić information content (AvgIpc) is 2.45. The van der Waals surface area contributed by atoms with Gasteiger partial charge in [0.05, 0.1) is 9.99 Å². The van der Waals surface area contributed by atoms with Gasteiger partial charge in [-0.2, -0.15) is 0 Å². The monoisotopic (exact) mass is 211 g/mol. The van der Waals surface area contributed by atoms with E-state index in [1.807, 2.05) is 18.3 Å². The van der Waals surface area contributed by atoms with Crippen LogP contribution >= 0.6 is 15.9 Å². The van der Waals surface area contributed by atoms with E-state index in [2.05, 4.69) is 20.9 Å². The Kier molecular flexibility index (Phi) is 1.39. The van der Waals surface area contributed by atoms with Gasteiger partial charge in [0, 0.05) is 11.6 Å². The molecule has 0 amide bonds. The highest BCUT2D eigenvalue weighted by molar-refractivity contribution is 9.10. The molecule has 0 aliphatic carbocycles. The van der Waals surface area contributed by atoms with Crippen LogP contribution in [-0.4, -0.2) is 10.1 Å². The molecule has 0 bridgehead atoms. The number of hydrogen-bond donors (Lipinski definition) is 2. The molecule has 3 heteroatoms. The maximum atomic E-state index is 9.27. The van der Waals surface area contributed by atoms with Gasteiger partial charge >= 0.3 is 0 Å². The van der Waals surface area contributed by atoms with E-state index in [1.165, 1.54) is 0 Å². The third-order valence-electron chi connectivity index (χ3n) is 1.64. The summed E-state index contributed by atoms with van der Waals surface area (Å²) in [7, 11) is 0. The number of aromatic amines is 1. The van der Waals surface area contributed by atoms with Crippen LogP contribution in [0, 0.1) is 0 Å². The van der Waals surface area contributed by atoms with Gasteiger partial charge in [0.15, 0.2) is 0 Å². The maximum Gasteiger partial charge on any atom is 0.131 e. The number of aromatic nitrogens is 1. The number of H-pyrrole nitrogens is 1. The minimum Gasteiger partial charge on any atom is -0.507 e. The first-order chi connectivity index (χ1) is 5.29. The van der Waals surface area contributed by atoms with Gasteiger partial charge in [-0.1, -0.05) is 0 Å². The Hall–Kier alpha value is -0.960. The lowest BCUT2D eigenvalue weighted by Gasteiger charge is -1.96. The Morgan fingerprint density at radius 1 is 1.27 bits per heavy atom. The molecule has 0 saturated carbocycles. The predicted octanol–water partition coefficient (Wildman–Crippen LogP) is 2.64. The average molecular weight is 212 g/mol. The largest absolute Gasteiger partial charge is 0.507 e. The molecule has 56 valence electrons. The summed E-state index contributed by atoms with van der Waals surface area (Å²) < 4.78 is 0.722. The van der Waals surface area contributed by atoms with Crippen molar-refractivity contribution in [3.8, 4) is 5.75 Å². The van der Waals surface area contributed by atoms with Crippen LogP contribution in [0.3, 0.4) is 0 Å². The Morgan fingerprint density at radius 2 is 2.09 bits per heavy atom. The van der Waals surface area contributed by atoms with Crippen molar-refractivity contribution in [1.29, 1.82) is 0 Å². The number of fused-ring (bicyclic) bond motifs is 1. The minimum absolute atomic E-state index is 0.264. The molecule has 1 heterocycles. The predicted molar refractivity (Wildman–Crippen MR) is 47.7 cm³/mol. The van der Waals surface area contributed by atoms with Gasteiger partial charge in [0.1, 0.15) is 5.75 Å². The summed E-state index contributed by atoms with van der Waals surface area (Å²) in [6.07, 6.45) is 1.84. The molecule has 2 N–H and O–H groups in total. The molecule has 0 radical (unpaired) electrons. The van der Waals surface area contributed by atoms with Gasteiger partial charge < -0.3 is 10.1 Å². The van der Waals surface area contributed by atoms with Crippen LogP contribution in [0.25, 0.3) is 10.9 Å². The van der Waals surface area contributed by atoms with Crippen LogP contribution in [0.1, 0.15) is 0 Å². The van der Waals surface area contributed by atoms with Crippen LogP contribution in [0.5, 0.6) is 5.75 Å². The summed E-state index contributed by atoms with van der Waals surface area (Å²) in [4.78, 5) is 3.02. The molecule has 0 spiro atoms. The number of phenolic OH excluding ortho intramolecular Hbond substituents is 1. The number of benzene rings is 1. The second kappa shape index (κ2) is 2.27. The zero-order valence-electron chi connectivity index (χ0n) is 5.63. The van der Waals surface area contributed by atoms with Gasteiger partial charge in [0.25, 0.3) is 0 Å². The van der Waals surface area contributed by atoms with E-state index in [9.17, 15) is 5.11 Å². The fourth-order valence-corrected chi connectivity index (χ4v) is 1.56. The lowest BCUT2D eigenvalue weighted by Crippen LogP contribution is -1.71. The standard InChI is InChI=1S/C8H6BrNO/c9-7-6(11)2-1-5-3-4-10-8(5)7/h1-4,10-11H. The summed E-state index contributed by atoms with van der Waals surface area (Å²) in [5.41, 5.74) is 0.935. The van der Waals surface area contributed by atoms with Crippen molar-refractivity contribution in [3.05, 3.63) is 28.9 Å². The topological polar surface area (TPSA) is 36.0 Å². The van der Waals surface area contributed by atoms with E-state index in [1.54, 1.807) is 6.07 Å². The molecular formula is C8H6BrNO. The molecule has 0 atom stereocenters. The van der Waals surface area contributed by atoms with Crippen LogP contribution in [0.2, 0.25) is 0 Å². The van der Waals surface area contributed by atoms with Gasteiger partial charge in [-0.3, -0.25) is 0 Å². The first kappa shape index (κ1) is 6.73. The zero-order valence-corrected chi connectivity index (χ0v) is 7.22. The summed E-state index contributed by atoms with van der Waals surface area (Å²) in [6.45, 7) is 0. The summed E-state index contributed by atoms with van der Waals surface area (Å²) >= 11 is 3.28. The first-order valence-corrected chi connectivity index (χ1v) is 4.03. The Labute approximate surface area is 72.0 Å². The summed E-state index contributed by atoms with van der Waals surface area (Å²) in [5, 5.41) is 10.4. The fourth-order valence-electron chi connectivity index (χ4n) is 1.08. The molecule has 2 nitrogen and oxygen atoms in total. The van der Waals surface area contributed by atoms with Crippen LogP contribution in [0.15, 0.2) is 28.9 Å². The maximum absolute atomic E-state index is 9.27. The smallest absolute Gasteiger partial charge is 0.131 e. The van der Waals surface area contributed by atoms with Crippen LogP contribution in [-0.2, 0) is 0 Å². The molecule has 0 unspecified atom stereocenters. The van der Waals surface area contributed by atoms with Crippen molar-refractivity contribution >= 4 is 26.8 Å². The van der Waals surface area contributed by atoms with E-state index < -0.39 is 0 Å². The van der Waals surface area contributed by atoms with Gasteiger partial charge in [-0.15, -0.1) is 0 Å². The molecule has 0 fully saturated rings. The molecule has 1 aromatic carbocycles. The second-order valence-electron chi connectivity index (χ2n) is 2.34. The molecular weight excluding hydrogens is 206 g/mol. The van der Waals surface area contributed by atoms with Crippen molar-refractivity contribution in [3.63, 3.8) is 0 Å². The number of nitrogens with one attached hydrogen (secondary N) is 1. The highest BCUT2D eigenvalue weighted by Crippen LogP contribution is 2.30. The van der Waals surface area contributed by atoms with E-state index in [0.29, 0.717) is 0 Å². The molecule has 0 aliphatic rings. The normalized spacial score (nSPS) is 10.6. The minimum atomic E-state index is 0.264. The van der Waals surface area contributed by atoms with E-state index in [-0.39, 0.29) is 5.75 Å². The number of aromatic hydroxyl groups is 1. The lowest BCUT2D eigenvalue weighted by molar-refractivity contribution is 0.473. The van der Waals surface area contributed by atoms with Crippen molar-refractivity contribution < 1.29 is 5.11 Å². The van der Waals surface area contributed by atoms with Crippen LogP contribution in [0.4, 0.5) is 0 Å². The Bertz CT molecular complexity index is 394. The molecule has 2 aromatic rings. The van der Waals surface area contributed by atoms with E-state index in [4.69, 9.17) is 0 Å². The highest BCUT2D eigenvalue weighted by Gasteiger charge is 2.02. The second-order valence-corrected chi connectivity index (χ2v) is 3.13. The number of rotatable bonds is 0. The Balaban J connectivity index is 2.93. The number of hydrogen-bond acceptors (Lipinski definition) is 1.